The third-order valence-corrected chi connectivity index (χ3v) is 8.00. The molecule has 172 valence electrons. The van der Waals surface area contributed by atoms with E-state index in [1.807, 2.05) is 17.4 Å². The Balaban J connectivity index is 1.17. The van der Waals surface area contributed by atoms with Crippen LogP contribution in [0, 0.1) is 5.92 Å². The van der Waals surface area contributed by atoms with Crippen molar-refractivity contribution in [3.05, 3.63) is 65.3 Å². The van der Waals surface area contributed by atoms with Gasteiger partial charge in [0.2, 0.25) is 0 Å². The van der Waals surface area contributed by atoms with Gasteiger partial charge in [0.25, 0.3) is 0 Å². The Hall–Kier alpha value is -2.50. The summed E-state index contributed by atoms with van der Waals surface area (Å²) in [6.45, 7) is 8.56. The molecule has 1 fully saturated rings. The first-order valence-corrected chi connectivity index (χ1v) is 13.1. The smallest absolute Gasteiger partial charge is 0.165 e. The minimum absolute atomic E-state index is 0.261. The van der Waals surface area contributed by atoms with E-state index in [0.29, 0.717) is 18.3 Å². The van der Waals surface area contributed by atoms with Gasteiger partial charge in [-0.3, -0.25) is 4.79 Å². The molecule has 0 unspecified atom stereocenters. The van der Waals surface area contributed by atoms with Crippen LogP contribution in [-0.2, 0) is 6.54 Å². The number of hydrogen-bond acceptors (Lipinski definition) is 4. The molecule has 0 saturated carbocycles. The lowest BCUT2D eigenvalue weighted by atomic mass is 9.97. The largest absolute Gasteiger partial charge is 0.347 e. The number of carbonyl (C=O) groups excluding carboxylic acids is 1. The van der Waals surface area contributed by atoms with E-state index in [9.17, 15) is 4.79 Å². The number of fused-ring (bicyclic) bond motifs is 2. The molecule has 0 radical (unpaired) electrons. The number of hydrogen-bond donors (Lipinski definition) is 0. The molecule has 4 aromatic rings. The van der Waals surface area contributed by atoms with E-state index in [0.717, 1.165) is 49.1 Å². The summed E-state index contributed by atoms with van der Waals surface area (Å²) >= 11 is 1.87. The standard InChI is InChI=1S/C28H33N3OS/c1-20(2)18-26(32)23-19-31(25-10-5-3-8-22(23)25)15-7-14-30-16-12-21(13-17-30)28-29-24-9-4-6-11-27(24)33-28/h3-6,8-11,19-21H,7,12-18H2,1-2H3. The monoisotopic (exact) mass is 459 g/mol. The molecule has 1 aliphatic rings. The van der Waals surface area contributed by atoms with Gasteiger partial charge in [-0.2, -0.15) is 0 Å². The molecule has 1 saturated heterocycles. The quantitative estimate of drug-likeness (QED) is 0.274. The molecule has 1 aliphatic heterocycles. The minimum atomic E-state index is 0.261. The van der Waals surface area contributed by atoms with Crippen LogP contribution in [0.25, 0.3) is 21.1 Å². The van der Waals surface area contributed by atoms with Crippen LogP contribution in [0.15, 0.2) is 54.7 Å². The number of para-hydroxylation sites is 2. The number of piperidine rings is 1. The Morgan fingerprint density at radius 2 is 1.82 bits per heavy atom. The van der Waals surface area contributed by atoms with Gasteiger partial charge in [-0.05, 0) is 63.0 Å². The van der Waals surface area contributed by atoms with E-state index in [1.54, 1.807) is 0 Å². The molecule has 2 aromatic carbocycles. The van der Waals surface area contributed by atoms with E-state index < -0.39 is 0 Å². The summed E-state index contributed by atoms with van der Waals surface area (Å²) in [6, 6.07) is 16.8. The van der Waals surface area contributed by atoms with Crippen molar-refractivity contribution in [3.63, 3.8) is 0 Å². The van der Waals surface area contributed by atoms with E-state index in [1.165, 1.54) is 28.1 Å². The third kappa shape index (κ3) is 4.90. The van der Waals surface area contributed by atoms with Gasteiger partial charge < -0.3 is 9.47 Å². The zero-order chi connectivity index (χ0) is 22.8. The van der Waals surface area contributed by atoms with Gasteiger partial charge in [-0.15, -0.1) is 11.3 Å². The SMILES string of the molecule is CC(C)CC(=O)c1cn(CCCN2CCC(c3nc4ccccc4s3)CC2)c2ccccc12. The molecule has 33 heavy (non-hydrogen) atoms. The molecular weight excluding hydrogens is 426 g/mol. The molecule has 4 nitrogen and oxygen atoms in total. The van der Waals surface area contributed by atoms with Crippen LogP contribution >= 0.6 is 11.3 Å². The number of nitrogens with zero attached hydrogens (tertiary/aromatic N) is 3. The van der Waals surface area contributed by atoms with Crippen molar-refractivity contribution in [3.8, 4) is 0 Å². The Kier molecular flexibility index (Phi) is 6.61. The average molecular weight is 460 g/mol. The van der Waals surface area contributed by atoms with Gasteiger partial charge in [0.15, 0.2) is 5.78 Å². The van der Waals surface area contributed by atoms with Crippen molar-refractivity contribution in [2.75, 3.05) is 19.6 Å². The van der Waals surface area contributed by atoms with E-state index >= 15 is 0 Å². The fourth-order valence-electron chi connectivity index (χ4n) is 5.07. The topological polar surface area (TPSA) is 38.1 Å². The average Bonchev–Trinajstić information content (AvgIpc) is 3.41. The van der Waals surface area contributed by atoms with Crippen molar-refractivity contribution < 1.29 is 4.79 Å². The minimum Gasteiger partial charge on any atom is -0.347 e. The van der Waals surface area contributed by atoms with Crippen LogP contribution in [-0.4, -0.2) is 39.9 Å². The second-order valence-corrected chi connectivity index (χ2v) is 10.8. The van der Waals surface area contributed by atoms with Crippen molar-refractivity contribution in [2.24, 2.45) is 5.92 Å². The number of aryl methyl sites for hydroxylation is 1. The van der Waals surface area contributed by atoms with Crippen LogP contribution in [0.1, 0.15) is 60.8 Å². The number of thiazole rings is 1. The van der Waals surface area contributed by atoms with Crippen LogP contribution in [0.4, 0.5) is 0 Å². The van der Waals surface area contributed by atoms with Crippen molar-refractivity contribution in [2.45, 2.75) is 52.0 Å². The number of rotatable bonds is 8. The Labute approximate surface area is 200 Å². The zero-order valence-corrected chi connectivity index (χ0v) is 20.5. The number of likely N-dealkylation sites (tertiary alicyclic amines) is 1. The highest BCUT2D eigenvalue weighted by molar-refractivity contribution is 7.18. The van der Waals surface area contributed by atoms with E-state index in [-0.39, 0.29) is 5.78 Å². The van der Waals surface area contributed by atoms with Crippen molar-refractivity contribution in [1.82, 2.24) is 14.5 Å². The van der Waals surface area contributed by atoms with Crippen molar-refractivity contribution in [1.29, 1.82) is 0 Å². The predicted molar refractivity (Wildman–Crippen MR) is 138 cm³/mol. The highest BCUT2D eigenvalue weighted by Gasteiger charge is 2.23. The van der Waals surface area contributed by atoms with Crippen molar-refractivity contribution >= 4 is 38.2 Å². The zero-order valence-electron chi connectivity index (χ0n) is 19.7. The van der Waals surface area contributed by atoms with Crippen LogP contribution < -0.4 is 0 Å². The maximum Gasteiger partial charge on any atom is 0.165 e. The molecule has 0 N–H and O–H groups in total. The fraction of sp³-hybridized carbons (Fsp3) is 0.429. The Morgan fingerprint density at radius 1 is 1.06 bits per heavy atom. The number of carbonyl (C=O) groups is 1. The molecule has 0 spiro atoms. The first-order chi connectivity index (χ1) is 16.1. The molecular formula is C28H33N3OS. The van der Waals surface area contributed by atoms with Gasteiger partial charge in [-0.1, -0.05) is 44.2 Å². The summed E-state index contributed by atoms with van der Waals surface area (Å²) in [5, 5.41) is 2.41. The normalized spacial score (nSPS) is 15.7. The van der Waals surface area contributed by atoms with Crippen LogP contribution in [0.5, 0.6) is 0 Å². The predicted octanol–water partition coefficient (Wildman–Crippen LogP) is 6.75. The molecule has 5 rings (SSSR count). The second kappa shape index (κ2) is 9.78. The lowest BCUT2D eigenvalue weighted by Gasteiger charge is -2.31. The number of ketones is 1. The first kappa shape index (κ1) is 22.3. The van der Waals surface area contributed by atoms with Gasteiger partial charge in [0.05, 0.1) is 15.2 Å². The number of aromatic nitrogens is 2. The summed E-state index contributed by atoms with van der Waals surface area (Å²) < 4.78 is 3.59. The Bertz CT molecular complexity index is 1210. The molecule has 0 bridgehead atoms. The summed E-state index contributed by atoms with van der Waals surface area (Å²) in [4.78, 5) is 20.3. The number of Topliss-reactive ketones (excluding diaryl/α,β-unsaturated/α-hetero) is 1. The van der Waals surface area contributed by atoms with E-state index in [4.69, 9.17) is 4.98 Å². The molecule has 3 heterocycles. The van der Waals surface area contributed by atoms with Gasteiger partial charge in [0.1, 0.15) is 0 Å². The van der Waals surface area contributed by atoms with Crippen LogP contribution in [0.2, 0.25) is 0 Å². The summed E-state index contributed by atoms with van der Waals surface area (Å²) in [5.74, 6) is 1.24. The number of benzene rings is 2. The van der Waals surface area contributed by atoms with E-state index in [2.05, 4.69) is 72.0 Å². The van der Waals surface area contributed by atoms with Crippen LogP contribution in [0.3, 0.4) is 0 Å². The van der Waals surface area contributed by atoms with Gasteiger partial charge >= 0.3 is 0 Å². The third-order valence-electron chi connectivity index (χ3n) is 6.80. The Morgan fingerprint density at radius 3 is 2.61 bits per heavy atom. The fourth-order valence-corrected chi connectivity index (χ4v) is 6.20. The molecule has 0 atom stereocenters. The lowest BCUT2D eigenvalue weighted by Crippen LogP contribution is -2.34. The molecule has 2 aromatic heterocycles. The molecule has 5 heteroatoms. The summed E-state index contributed by atoms with van der Waals surface area (Å²) in [7, 11) is 0. The lowest BCUT2D eigenvalue weighted by molar-refractivity contribution is 0.0969. The van der Waals surface area contributed by atoms with Gasteiger partial charge in [0, 0.05) is 41.5 Å². The first-order valence-electron chi connectivity index (χ1n) is 12.3. The van der Waals surface area contributed by atoms with Gasteiger partial charge in [-0.25, -0.2) is 4.98 Å². The molecule has 0 aliphatic carbocycles. The highest BCUT2D eigenvalue weighted by atomic mass is 32.1. The summed E-state index contributed by atoms with van der Waals surface area (Å²) in [6.07, 6.45) is 6.19. The maximum atomic E-state index is 12.8. The summed E-state index contributed by atoms with van der Waals surface area (Å²) in [5.41, 5.74) is 3.21. The second-order valence-electron chi connectivity index (χ2n) is 9.76. The molecule has 0 amide bonds. The highest BCUT2D eigenvalue weighted by Crippen LogP contribution is 2.34. The maximum absolute atomic E-state index is 12.8.